The number of nitrogens with zero attached hydrogens (tertiary/aromatic N) is 1. The van der Waals surface area contributed by atoms with Crippen LogP contribution in [0.15, 0.2) is 41.5 Å². The van der Waals surface area contributed by atoms with Crippen LogP contribution in [0.25, 0.3) is 16.0 Å². The Morgan fingerprint density at radius 2 is 1.86 bits per heavy atom. The third kappa shape index (κ3) is 3.39. The second-order valence-electron chi connectivity index (χ2n) is 4.67. The van der Waals surface area contributed by atoms with Gasteiger partial charge in [0.15, 0.2) is 0 Å². The molecule has 0 aliphatic carbocycles. The van der Waals surface area contributed by atoms with Gasteiger partial charge in [-0.3, -0.25) is 4.79 Å². The summed E-state index contributed by atoms with van der Waals surface area (Å²) >= 11 is 1.70. The van der Waals surface area contributed by atoms with Gasteiger partial charge in [0.1, 0.15) is 6.07 Å². The molecule has 0 spiro atoms. The lowest BCUT2D eigenvalue weighted by Gasteiger charge is -2.07. The smallest absolute Gasteiger partial charge is 0.308 e. The van der Waals surface area contributed by atoms with E-state index in [2.05, 4.69) is 18.4 Å². The second-order valence-corrected chi connectivity index (χ2v) is 5.59. The second kappa shape index (κ2) is 6.38. The Morgan fingerprint density at radius 3 is 2.33 bits per heavy atom. The first kappa shape index (κ1) is 15.0. The fourth-order valence-electron chi connectivity index (χ4n) is 2.00. The quantitative estimate of drug-likeness (QED) is 0.474. The molecule has 106 valence electrons. The molecule has 0 aliphatic rings. The fourth-order valence-corrected chi connectivity index (χ4v) is 2.93. The highest BCUT2D eigenvalue weighted by atomic mass is 32.1. The molecular weight excluding hydrogens is 282 g/mol. The highest BCUT2D eigenvalue weighted by Gasteiger charge is 2.09. The van der Waals surface area contributed by atoms with Crippen LogP contribution in [-0.2, 0) is 9.53 Å². The minimum atomic E-state index is -0.489. The van der Waals surface area contributed by atoms with Crippen molar-refractivity contribution in [3.05, 3.63) is 52.6 Å². The maximum absolute atomic E-state index is 11.0. The summed E-state index contributed by atoms with van der Waals surface area (Å²) in [5.41, 5.74) is 3.91. The lowest BCUT2D eigenvalue weighted by molar-refractivity contribution is -0.136. The number of ether oxygens (including phenoxy) is 1. The largest absolute Gasteiger partial charge is 0.415 e. The third-order valence-corrected chi connectivity index (χ3v) is 4.20. The molecule has 0 aliphatic heterocycles. The summed E-state index contributed by atoms with van der Waals surface area (Å²) in [4.78, 5) is 12.2. The van der Waals surface area contributed by atoms with Crippen LogP contribution in [0.5, 0.6) is 0 Å². The number of aryl methyl sites for hydroxylation is 1. The highest BCUT2D eigenvalue weighted by molar-refractivity contribution is 7.13. The van der Waals surface area contributed by atoms with E-state index in [1.165, 1.54) is 17.4 Å². The summed E-state index contributed by atoms with van der Waals surface area (Å²) in [6.07, 6.45) is 0. The van der Waals surface area contributed by atoms with E-state index in [-0.39, 0.29) is 5.76 Å². The van der Waals surface area contributed by atoms with E-state index >= 15 is 0 Å². The Bertz CT molecular complexity index is 733. The number of rotatable bonds is 3. The molecule has 1 aromatic heterocycles. The van der Waals surface area contributed by atoms with Crippen LogP contribution in [0.2, 0.25) is 0 Å². The van der Waals surface area contributed by atoms with Crippen LogP contribution in [-0.4, -0.2) is 5.97 Å². The van der Waals surface area contributed by atoms with Crippen molar-refractivity contribution in [1.82, 2.24) is 0 Å². The number of carbonyl (C=O) groups is 1. The van der Waals surface area contributed by atoms with Crippen molar-refractivity contribution in [3.8, 4) is 16.5 Å². The van der Waals surface area contributed by atoms with E-state index in [0.717, 1.165) is 11.1 Å². The van der Waals surface area contributed by atoms with Gasteiger partial charge in [-0.25, -0.2) is 0 Å². The van der Waals surface area contributed by atoms with Gasteiger partial charge < -0.3 is 4.74 Å². The molecule has 4 heteroatoms. The Kier molecular flexibility index (Phi) is 4.56. The average molecular weight is 297 g/mol. The van der Waals surface area contributed by atoms with Gasteiger partial charge in [0.2, 0.25) is 5.76 Å². The van der Waals surface area contributed by atoms with Crippen molar-refractivity contribution in [2.24, 2.45) is 0 Å². The number of carbonyl (C=O) groups excluding carboxylic acids is 1. The number of hydrogen-bond acceptors (Lipinski definition) is 4. The Hall–Kier alpha value is -2.38. The van der Waals surface area contributed by atoms with Gasteiger partial charge in [0.05, 0.1) is 0 Å². The van der Waals surface area contributed by atoms with Gasteiger partial charge in [-0.2, -0.15) is 5.26 Å². The average Bonchev–Trinajstić information content (AvgIpc) is 2.90. The topological polar surface area (TPSA) is 50.1 Å². The predicted octanol–water partition coefficient (Wildman–Crippen LogP) is 4.54. The molecular formula is C17H15NO2S. The van der Waals surface area contributed by atoms with Crippen LogP contribution in [0, 0.1) is 18.3 Å². The third-order valence-electron chi connectivity index (χ3n) is 3.13. The van der Waals surface area contributed by atoms with E-state index in [4.69, 9.17) is 10.00 Å². The molecule has 0 saturated carbocycles. The van der Waals surface area contributed by atoms with Gasteiger partial charge >= 0.3 is 5.97 Å². The molecule has 0 radical (unpaired) electrons. The first-order valence-electron chi connectivity index (χ1n) is 6.47. The SMILES string of the molecule is CC(=O)O/C(C#N)=C(/C)c1ccc(-c2sccc2C)cc1. The van der Waals surface area contributed by atoms with Gasteiger partial charge in [-0.05, 0) is 42.0 Å². The van der Waals surface area contributed by atoms with Crippen LogP contribution >= 0.6 is 11.3 Å². The molecule has 21 heavy (non-hydrogen) atoms. The minimum absolute atomic E-state index is 0.0440. The molecule has 0 saturated heterocycles. The zero-order valence-corrected chi connectivity index (χ0v) is 13.0. The van der Waals surface area contributed by atoms with Crippen molar-refractivity contribution >= 4 is 22.9 Å². The van der Waals surface area contributed by atoms with Crippen molar-refractivity contribution < 1.29 is 9.53 Å². The van der Waals surface area contributed by atoms with Crippen molar-refractivity contribution in [1.29, 1.82) is 5.26 Å². The summed E-state index contributed by atoms with van der Waals surface area (Å²) in [6, 6.07) is 11.9. The molecule has 1 heterocycles. The lowest BCUT2D eigenvalue weighted by atomic mass is 10.0. The molecule has 0 unspecified atom stereocenters. The Labute approximate surface area is 128 Å². The fraction of sp³-hybridized carbons (Fsp3) is 0.176. The molecule has 0 amide bonds. The summed E-state index contributed by atoms with van der Waals surface area (Å²) in [6.45, 7) is 5.14. The van der Waals surface area contributed by atoms with Gasteiger partial charge in [-0.1, -0.05) is 24.3 Å². The van der Waals surface area contributed by atoms with E-state index in [0.29, 0.717) is 5.57 Å². The van der Waals surface area contributed by atoms with Crippen LogP contribution < -0.4 is 0 Å². The first-order valence-corrected chi connectivity index (χ1v) is 7.35. The zero-order chi connectivity index (χ0) is 15.4. The molecule has 3 nitrogen and oxygen atoms in total. The van der Waals surface area contributed by atoms with Crippen LogP contribution in [0.3, 0.4) is 0 Å². The van der Waals surface area contributed by atoms with E-state index < -0.39 is 5.97 Å². The minimum Gasteiger partial charge on any atom is -0.415 e. The summed E-state index contributed by atoms with van der Waals surface area (Å²) < 4.78 is 4.92. The number of benzene rings is 1. The van der Waals surface area contributed by atoms with Crippen LogP contribution in [0.1, 0.15) is 25.0 Å². The van der Waals surface area contributed by atoms with Gasteiger partial charge in [-0.15, -0.1) is 11.3 Å². The number of esters is 1. The Morgan fingerprint density at radius 1 is 1.19 bits per heavy atom. The molecule has 0 N–H and O–H groups in total. The maximum Gasteiger partial charge on any atom is 0.308 e. The zero-order valence-electron chi connectivity index (χ0n) is 12.1. The summed E-state index contributed by atoms with van der Waals surface area (Å²) in [7, 11) is 0. The number of thiophene rings is 1. The Balaban J connectivity index is 2.35. The predicted molar refractivity (Wildman–Crippen MR) is 84.5 cm³/mol. The standard InChI is InChI=1S/C17H15NO2S/c1-11-8-9-21-17(11)15-6-4-14(5-7-15)12(2)16(10-18)20-13(3)19/h4-9H,1-3H3/b16-12-. The molecule has 0 atom stereocenters. The van der Waals surface area contributed by atoms with Gasteiger partial charge in [0, 0.05) is 17.4 Å². The monoisotopic (exact) mass is 297 g/mol. The molecule has 1 aromatic carbocycles. The van der Waals surface area contributed by atoms with E-state index in [1.807, 2.05) is 30.3 Å². The van der Waals surface area contributed by atoms with E-state index in [9.17, 15) is 4.79 Å². The van der Waals surface area contributed by atoms with E-state index in [1.54, 1.807) is 18.3 Å². The van der Waals surface area contributed by atoms with Gasteiger partial charge in [0.25, 0.3) is 0 Å². The lowest BCUT2D eigenvalue weighted by Crippen LogP contribution is -1.99. The normalized spacial score (nSPS) is 11.5. The van der Waals surface area contributed by atoms with Crippen molar-refractivity contribution in [2.45, 2.75) is 20.8 Å². The number of allylic oxidation sites excluding steroid dienone is 2. The molecule has 2 rings (SSSR count). The highest BCUT2D eigenvalue weighted by Crippen LogP contribution is 2.30. The number of nitriles is 1. The molecule has 2 aromatic rings. The first-order chi connectivity index (χ1) is 10.0. The summed E-state index contributed by atoms with van der Waals surface area (Å²) in [5.74, 6) is -0.445. The number of hydrogen-bond donors (Lipinski definition) is 0. The molecule has 0 bridgehead atoms. The van der Waals surface area contributed by atoms with Crippen LogP contribution in [0.4, 0.5) is 0 Å². The molecule has 0 fully saturated rings. The van der Waals surface area contributed by atoms with Crippen molar-refractivity contribution in [2.75, 3.05) is 0 Å². The van der Waals surface area contributed by atoms with Crippen molar-refractivity contribution in [3.63, 3.8) is 0 Å². The summed E-state index contributed by atoms with van der Waals surface area (Å²) in [5, 5.41) is 11.1. The maximum atomic E-state index is 11.0.